The summed E-state index contributed by atoms with van der Waals surface area (Å²) in [5, 5.41) is 37.8. The number of phenols is 1. The first-order valence-corrected chi connectivity index (χ1v) is 6.57. The molecule has 0 aliphatic heterocycles. The van der Waals surface area contributed by atoms with Crippen molar-refractivity contribution >= 4 is 16.9 Å². The highest BCUT2D eigenvalue weighted by Crippen LogP contribution is 2.28. The first-order valence-electron chi connectivity index (χ1n) is 6.57. The van der Waals surface area contributed by atoms with E-state index in [1.165, 1.54) is 18.2 Å². The number of rotatable bonds is 2. The second-order valence-corrected chi connectivity index (χ2v) is 4.87. The molecular weight excluding hydrogens is 294 g/mol. The van der Waals surface area contributed by atoms with E-state index in [9.17, 15) is 15.2 Å². The second kappa shape index (κ2) is 5.21. The van der Waals surface area contributed by atoms with Crippen molar-refractivity contribution in [2.45, 2.75) is 0 Å². The summed E-state index contributed by atoms with van der Waals surface area (Å²) in [4.78, 5) is 11.0. The van der Waals surface area contributed by atoms with E-state index in [0.29, 0.717) is 27.7 Å². The van der Waals surface area contributed by atoms with Gasteiger partial charge < -0.3 is 14.8 Å². The molecule has 110 valence electrons. The van der Waals surface area contributed by atoms with Gasteiger partial charge in [-0.3, -0.25) is 0 Å². The van der Waals surface area contributed by atoms with E-state index in [-0.39, 0.29) is 11.3 Å². The number of fused-ring (bicyclic) bond motifs is 1. The van der Waals surface area contributed by atoms with Crippen LogP contribution in [0.1, 0.15) is 21.5 Å². The molecule has 0 aliphatic carbocycles. The Bertz CT molecular complexity index is 1040. The molecule has 3 rings (SSSR count). The summed E-state index contributed by atoms with van der Waals surface area (Å²) < 4.78 is 1.64. The zero-order valence-corrected chi connectivity index (χ0v) is 11.7. The van der Waals surface area contributed by atoms with Crippen LogP contribution in [0.4, 0.5) is 0 Å². The van der Waals surface area contributed by atoms with Gasteiger partial charge in [-0.1, -0.05) is 6.07 Å². The molecule has 1 heterocycles. The Morgan fingerprint density at radius 2 is 1.87 bits per heavy atom. The Kier molecular flexibility index (Phi) is 3.21. The van der Waals surface area contributed by atoms with Crippen LogP contribution in [0.2, 0.25) is 0 Å². The third kappa shape index (κ3) is 2.25. The summed E-state index contributed by atoms with van der Waals surface area (Å²) in [6, 6.07) is 13.2. The van der Waals surface area contributed by atoms with E-state index in [1.807, 2.05) is 6.07 Å². The van der Waals surface area contributed by atoms with E-state index < -0.39 is 5.97 Å². The maximum atomic E-state index is 11.0. The SMILES string of the molecule is N#Cc1ccc2c(C#N)cn(-c3ccc(C(=O)O)c(O)c3)c2c1. The maximum absolute atomic E-state index is 11.0. The minimum atomic E-state index is -1.23. The molecule has 0 spiro atoms. The summed E-state index contributed by atoms with van der Waals surface area (Å²) in [7, 11) is 0. The van der Waals surface area contributed by atoms with Gasteiger partial charge in [0.05, 0.1) is 22.7 Å². The van der Waals surface area contributed by atoms with Gasteiger partial charge in [0, 0.05) is 23.3 Å². The Morgan fingerprint density at radius 3 is 2.48 bits per heavy atom. The van der Waals surface area contributed by atoms with Gasteiger partial charge in [-0.15, -0.1) is 0 Å². The summed E-state index contributed by atoms with van der Waals surface area (Å²) >= 11 is 0. The number of carbonyl (C=O) groups is 1. The standard InChI is InChI=1S/C17H9N3O3/c18-7-10-1-3-13-11(8-19)9-20(15(13)5-10)12-2-4-14(17(22)23)16(21)6-12/h1-6,9,21H,(H,22,23). The van der Waals surface area contributed by atoms with Crippen molar-refractivity contribution in [2.24, 2.45) is 0 Å². The fraction of sp³-hybridized carbons (Fsp3) is 0. The van der Waals surface area contributed by atoms with E-state index >= 15 is 0 Å². The van der Waals surface area contributed by atoms with Crippen molar-refractivity contribution in [2.75, 3.05) is 0 Å². The van der Waals surface area contributed by atoms with Crippen LogP contribution in [0, 0.1) is 22.7 Å². The van der Waals surface area contributed by atoms with Crippen LogP contribution in [0.5, 0.6) is 5.75 Å². The molecule has 0 amide bonds. The van der Waals surface area contributed by atoms with Crippen molar-refractivity contribution in [3.05, 3.63) is 59.3 Å². The number of aromatic hydroxyl groups is 1. The van der Waals surface area contributed by atoms with Crippen LogP contribution >= 0.6 is 0 Å². The average molecular weight is 303 g/mol. The van der Waals surface area contributed by atoms with Gasteiger partial charge in [-0.05, 0) is 24.3 Å². The Hall–Kier alpha value is -3.77. The fourth-order valence-electron chi connectivity index (χ4n) is 2.45. The van der Waals surface area contributed by atoms with Crippen LogP contribution in [0.25, 0.3) is 16.6 Å². The van der Waals surface area contributed by atoms with Crippen molar-refractivity contribution in [3.63, 3.8) is 0 Å². The lowest BCUT2D eigenvalue weighted by atomic mass is 10.1. The lowest BCUT2D eigenvalue weighted by molar-refractivity contribution is 0.0694. The molecule has 6 heteroatoms. The third-order valence-corrected chi connectivity index (χ3v) is 3.55. The molecule has 2 aromatic carbocycles. The molecule has 0 atom stereocenters. The predicted molar refractivity (Wildman–Crippen MR) is 81.3 cm³/mol. The van der Waals surface area contributed by atoms with Crippen LogP contribution in [-0.4, -0.2) is 20.7 Å². The van der Waals surface area contributed by atoms with Gasteiger partial charge in [-0.25, -0.2) is 4.79 Å². The highest BCUT2D eigenvalue weighted by atomic mass is 16.4. The normalized spacial score (nSPS) is 10.2. The lowest BCUT2D eigenvalue weighted by Crippen LogP contribution is -1.99. The van der Waals surface area contributed by atoms with Crippen LogP contribution in [0.3, 0.4) is 0 Å². The predicted octanol–water partition coefficient (Wildman–Crippen LogP) is 2.78. The highest BCUT2D eigenvalue weighted by molar-refractivity contribution is 5.92. The van der Waals surface area contributed by atoms with Gasteiger partial charge in [0.25, 0.3) is 0 Å². The Balaban J connectivity index is 2.28. The monoisotopic (exact) mass is 303 g/mol. The molecule has 0 bridgehead atoms. The first kappa shape index (κ1) is 14.2. The number of carboxylic acid groups (broad SMARTS) is 1. The molecule has 0 radical (unpaired) electrons. The van der Waals surface area contributed by atoms with Crippen LogP contribution in [-0.2, 0) is 0 Å². The van der Waals surface area contributed by atoms with Gasteiger partial charge in [0.1, 0.15) is 17.4 Å². The zero-order valence-electron chi connectivity index (χ0n) is 11.7. The van der Waals surface area contributed by atoms with Gasteiger partial charge >= 0.3 is 5.97 Å². The number of benzene rings is 2. The molecule has 0 saturated heterocycles. The molecule has 0 saturated carbocycles. The highest BCUT2D eigenvalue weighted by Gasteiger charge is 2.14. The van der Waals surface area contributed by atoms with Crippen molar-refractivity contribution < 1.29 is 15.0 Å². The Morgan fingerprint density at radius 1 is 1.09 bits per heavy atom. The number of nitriles is 2. The Labute approximate surface area is 130 Å². The summed E-state index contributed by atoms with van der Waals surface area (Å²) in [6.07, 6.45) is 1.58. The largest absolute Gasteiger partial charge is 0.507 e. The first-order chi connectivity index (χ1) is 11.0. The van der Waals surface area contributed by atoms with Gasteiger partial charge in [-0.2, -0.15) is 10.5 Å². The second-order valence-electron chi connectivity index (χ2n) is 4.87. The molecule has 0 unspecified atom stereocenters. The average Bonchev–Trinajstić information content (AvgIpc) is 2.92. The third-order valence-electron chi connectivity index (χ3n) is 3.55. The number of aromatic nitrogens is 1. The van der Waals surface area contributed by atoms with Crippen molar-refractivity contribution in [3.8, 4) is 23.6 Å². The molecule has 6 nitrogen and oxygen atoms in total. The van der Waals surface area contributed by atoms with E-state index in [0.717, 1.165) is 0 Å². The fourth-order valence-corrected chi connectivity index (χ4v) is 2.45. The van der Waals surface area contributed by atoms with Crippen LogP contribution in [0.15, 0.2) is 42.6 Å². The number of aromatic carboxylic acids is 1. The topological polar surface area (TPSA) is 110 Å². The molecule has 1 aromatic heterocycles. The maximum Gasteiger partial charge on any atom is 0.339 e. The molecular formula is C17H9N3O3. The van der Waals surface area contributed by atoms with Gasteiger partial charge in [0.2, 0.25) is 0 Å². The number of carboxylic acids is 1. The molecule has 2 N–H and O–H groups in total. The molecule has 0 fully saturated rings. The number of hydrogen-bond donors (Lipinski definition) is 2. The van der Waals surface area contributed by atoms with Crippen LogP contribution < -0.4 is 0 Å². The summed E-state index contributed by atoms with van der Waals surface area (Å²) in [6.45, 7) is 0. The minimum Gasteiger partial charge on any atom is -0.507 e. The van der Waals surface area contributed by atoms with E-state index in [1.54, 1.807) is 29.0 Å². The van der Waals surface area contributed by atoms with E-state index in [2.05, 4.69) is 6.07 Å². The van der Waals surface area contributed by atoms with Gasteiger partial charge in [0.15, 0.2) is 0 Å². The summed E-state index contributed by atoms with van der Waals surface area (Å²) in [5.41, 5.74) is 1.78. The molecule has 3 aromatic rings. The van der Waals surface area contributed by atoms with Crippen molar-refractivity contribution in [1.29, 1.82) is 10.5 Å². The van der Waals surface area contributed by atoms with Crippen molar-refractivity contribution in [1.82, 2.24) is 4.57 Å². The minimum absolute atomic E-state index is 0.205. The van der Waals surface area contributed by atoms with E-state index in [4.69, 9.17) is 10.4 Å². The lowest BCUT2D eigenvalue weighted by Gasteiger charge is -2.07. The number of hydrogen-bond acceptors (Lipinski definition) is 4. The smallest absolute Gasteiger partial charge is 0.339 e. The zero-order chi connectivity index (χ0) is 16.6. The molecule has 23 heavy (non-hydrogen) atoms. The number of nitrogens with zero attached hydrogens (tertiary/aromatic N) is 3. The summed E-state index contributed by atoms with van der Waals surface area (Å²) in [5.74, 6) is -1.59. The quantitative estimate of drug-likeness (QED) is 0.756. The molecule has 0 aliphatic rings.